The Morgan fingerprint density at radius 2 is 1.81 bits per heavy atom. The van der Waals surface area contributed by atoms with Crippen molar-refractivity contribution < 1.29 is 13.9 Å². The molecule has 5 heteroatoms. The van der Waals surface area contributed by atoms with E-state index in [1.54, 1.807) is 12.1 Å². The molecule has 2 aliphatic carbocycles. The van der Waals surface area contributed by atoms with Crippen molar-refractivity contribution in [3.63, 3.8) is 0 Å². The van der Waals surface area contributed by atoms with Crippen molar-refractivity contribution in [1.29, 1.82) is 0 Å². The SMILES string of the molecule is C[C@]1(c2ccccc2)CO[C@]2(CCC3=Cc4c(cnn4-c4ccc(F)cc4)C[C@@]32C)O1. The second-order valence-electron chi connectivity index (χ2n) is 9.36. The number of halogens is 1. The molecule has 6 rings (SSSR count). The molecule has 1 aliphatic heterocycles. The van der Waals surface area contributed by atoms with Crippen LogP contribution in [0.1, 0.15) is 43.5 Å². The van der Waals surface area contributed by atoms with E-state index in [0.717, 1.165) is 41.8 Å². The van der Waals surface area contributed by atoms with Gasteiger partial charge in [0, 0.05) is 11.8 Å². The van der Waals surface area contributed by atoms with Gasteiger partial charge in [-0.25, -0.2) is 9.07 Å². The van der Waals surface area contributed by atoms with E-state index < -0.39 is 11.4 Å². The maximum absolute atomic E-state index is 13.4. The number of ether oxygens (including phenoxy) is 2. The molecule has 0 bridgehead atoms. The zero-order chi connectivity index (χ0) is 21.3. The van der Waals surface area contributed by atoms with Gasteiger partial charge in [0.15, 0.2) is 5.79 Å². The second kappa shape index (κ2) is 6.38. The summed E-state index contributed by atoms with van der Waals surface area (Å²) in [6.45, 7) is 4.94. The van der Waals surface area contributed by atoms with Gasteiger partial charge >= 0.3 is 0 Å². The summed E-state index contributed by atoms with van der Waals surface area (Å²) in [6.07, 6.45) is 6.74. The van der Waals surface area contributed by atoms with E-state index in [4.69, 9.17) is 9.47 Å². The topological polar surface area (TPSA) is 36.3 Å². The standard InChI is InChI=1S/C26H25FN2O2/c1-24-15-18-16-28-29(22-10-8-21(27)9-11-22)23(18)14-20(24)12-13-26(24)30-17-25(2,31-26)19-6-4-3-5-7-19/h3-11,14,16H,12-13,15,17H2,1-2H3/t24-,25+,26+/m0/s1. The van der Waals surface area contributed by atoms with Gasteiger partial charge in [-0.2, -0.15) is 5.10 Å². The lowest BCUT2D eigenvalue weighted by Crippen LogP contribution is -2.47. The molecule has 3 aromatic rings. The van der Waals surface area contributed by atoms with Crippen molar-refractivity contribution in [3.8, 4) is 5.69 Å². The number of fused-ring (bicyclic) bond motifs is 3. The van der Waals surface area contributed by atoms with Crippen molar-refractivity contribution in [3.05, 3.63) is 89.0 Å². The van der Waals surface area contributed by atoms with Gasteiger partial charge in [-0.05, 0) is 61.2 Å². The molecular weight excluding hydrogens is 391 g/mol. The largest absolute Gasteiger partial charge is 0.346 e. The first-order valence-corrected chi connectivity index (χ1v) is 10.9. The Morgan fingerprint density at radius 3 is 2.58 bits per heavy atom. The highest BCUT2D eigenvalue weighted by molar-refractivity contribution is 5.62. The van der Waals surface area contributed by atoms with Crippen LogP contribution in [0.5, 0.6) is 0 Å². The lowest BCUT2D eigenvalue weighted by molar-refractivity contribution is -0.233. The monoisotopic (exact) mass is 416 g/mol. The van der Waals surface area contributed by atoms with Gasteiger partial charge in [0.1, 0.15) is 11.4 Å². The van der Waals surface area contributed by atoms with Crippen LogP contribution in [0.2, 0.25) is 0 Å². The van der Waals surface area contributed by atoms with Crippen LogP contribution < -0.4 is 0 Å². The fourth-order valence-corrected chi connectivity index (χ4v) is 5.60. The van der Waals surface area contributed by atoms with Crippen molar-refractivity contribution in [1.82, 2.24) is 9.78 Å². The number of aromatic nitrogens is 2. The summed E-state index contributed by atoms with van der Waals surface area (Å²) in [5.41, 5.74) is 4.87. The van der Waals surface area contributed by atoms with Crippen molar-refractivity contribution >= 4 is 6.08 Å². The summed E-state index contributed by atoms with van der Waals surface area (Å²) >= 11 is 0. The molecule has 2 aromatic carbocycles. The predicted octanol–water partition coefficient (Wildman–Crippen LogP) is 5.41. The molecule has 1 aromatic heterocycles. The molecule has 0 amide bonds. The summed E-state index contributed by atoms with van der Waals surface area (Å²) in [5, 5.41) is 4.62. The molecule has 3 aliphatic rings. The molecule has 31 heavy (non-hydrogen) atoms. The third-order valence-electron chi connectivity index (χ3n) is 7.44. The third kappa shape index (κ3) is 2.63. The molecular formula is C26H25FN2O2. The zero-order valence-corrected chi connectivity index (χ0v) is 17.8. The van der Waals surface area contributed by atoms with Crippen LogP contribution in [-0.4, -0.2) is 22.2 Å². The summed E-state index contributed by atoms with van der Waals surface area (Å²) < 4.78 is 28.7. The average molecular weight is 416 g/mol. The predicted molar refractivity (Wildman–Crippen MR) is 116 cm³/mol. The Labute approximate surface area is 181 Å². The van der Waals surface area contributed by atoms with Crippen LogP contribution >= 0.6 is 0 Å². The van der Waals surface area contributed by atoms with E-state index in [1.165, 1.54) is 17.7 Å². The molecule has 1 saturated carbocycles. The Bertz CT molecular complexity index is 1190. The normalized spacial score (nSPS) is 31.5. The molecule has 4 nitrogen and oxygen atoms in total. The van der Waals surface area contributed by atoms with Crippen LogP contribution in [0.15, 0.2) is 66.4 Å². The highest BCUT2D eigenvalue weighted by Crippen LogP contribution is 2.61. The molecule has 0 unspecified atom stereocenters. The van der Waals surface area contributed by atoms with Gasteiger partial charge in [0.05, 0.1) is 24.2 Å². The number of hydrogen-bond acceptors (Lipinski definition) is 3. The van der Waals surface area contributed by atoms with Gasteiger partial charge in [-0.1, -0.05) is 42.8 Å². The first-order chi connectivity index (χ1) is 14.9. The maximum Gasteiger partial charge on any atom is 0.179 e. The number of hydrogen-bond donors (Lipinski definition) is 0. The van der Waals surface area contributed by atoms with E-state index >= 15 is 0 Å². The van der Waals surface area contributed by atoms with Gasteiger partial charge in [0.25, 0.3) is 0 Å². The summed E-state index contributed by atoms with van der Waals surface area (Å²) in [6, 6.07) is 16.8. The molecule has 1 spiro atoms. The summed E-state index contributed by atoms with van der Waals surface area (Å²) in [5.74, 6) is -0.885. The van der Waals surface area contributed by atoms with Gasteiger partial charge in [-0.15, -0.1) is 0 Å². The van der Waals surface area contributed by atoms with Crippen LogP contribution in [0.3, 0.4) is 0 Å². The third-order valence-corrected chi connectivity index (χ3v) is 7.44. The maximum atomic E-state index is 13.4. The molecule has 0 N–H and O–H groups in total. The Morgan fingerprint density at radius 1 is 1.03 bits per heavy atom. The highest BCUT2D eigenvalue weighted by Gasteiger charge is 2.64. The first-order valence-electron chi connectivity index (χ1n) is 10.9. The average Bonchev–Trinajstić information content (AvgIpc) is 3.43. The van der Waals surface area contributed by atoms with Crippen LogP contribution in [0.25, 0.3) is 11.8 Å². The van der Waals surface area contributed by atoms with Crippen LogP contribution in [0, 0.1) is 11.2 Å². The molecule has 2 heterocycles. The summed E-state index contributed by atoms with van der Waals surface area (Å²) in [4.78, 5) is 0. The molecule has 0 radical (unpaired) electrons. The first kappa shape index (κ1) is 19.0. The van der Waals surface area contributed by atoms with Gasteiger partial charge in [-0.3, -0.25) is 0 Å². The van der Waals surface area contributed by atoms with E-state index in [1.807, 2.05) is 29.1 Å². The summed E-state index contributed by atoms with van der Waals surface area (Å²) in [7, 11) is 0. The van der Waals surface area contributed by atoms with Crippen molar-refractivity contribution in [2.24, 2.45) is 5.41 Å². The minimum absolute atomic E-state index is 0.245. The minimum Gasteiger partial charge on any atom is -0.346 e. The Kier molecular flexibility index (Phi) is 3.90. The fraction of sp³-hybridized carbons (Fsp3) is 0.346. The quantitative estimate of drug-likeness (QED) is 0.560. The van der Waals surface area contributed by atoms with E-state index in [9.17, 15) is 4.39 Å². The molecule has 1 saturated heterocycles. The van der Waals surface area contributed by atoms with Crippen molar-refractivity contribution in [2.45, 2.75) is 44.5 Å². The van der Waals surface area contributed by atoms with Crippen LogP contribution in [0.4, 0.5) is 4.39 Å². The highest BCUT2D eigenvalue weighted by atomic mass is 19.1. The minimum atomic E-state index is -0.640. The lowest BCUT2D eigenvalue weighted by Gasteiger charge is -2.42. The second-order valence-corrected chi connectivity index (χ2v) is 9.36. The number of benzene rings is 2. The molecule has 2 fully saturated rings. The van der Waals surface area contributed by atoms with Gasteiger partial charge in [0.2, 0.25) is 0 Å². The smallest absolute Gasteiger partial charge is 0.179 e. The number of rotatable bonds is 2. The fourth-order valence-electron chi connectivity index (χ4n) is 5.60. The molecule has 158 valence electrons. The molecule has 3 atom stereocenters. The van der Waals surface area contributed by atoms with Crippen LogP contribution in [-0.2, 0) is 21.5 Å². The van der Waals surface area contributed by atoms with E-state index in [2.05, 4.69) is 37.2 Å². The van der Waals surface area contributed by atoms with E-state index in [0.29, 0.717) is 6.61 Å². The zero-order valence-electron chi connectivity index (χ0n) is 17.8. The lowest BCUT2D eigenvalue weighted by atomic mass is 9.72. The van der Waals surface area contributed by atoms with Gasteiger partial charge < -0.3 is 9.47 Å². The number of nitrogens with zero attached hydrogens (tertiary/aromatic N) is 2. The van der Waals surface area contributed by atoms with Crippen molar-refractivity contribution in [2.75, 3.05) is 6.61 Å². The Hall–Kier alpha value is -2.76. The van der Waals surface area contributed by atoms with E-state index in [-0.39, 0.29) is 11.2 Å². The Balaban J connectivity index is 1.37.